The summed E-state index contributed by atoms with van der Waals surface area (Å²) in [4.78, 5) is 27.3. The molecule has 0 spiro atoms. The van der Waals surface area contributed by atoms with Gasteiger partial charge in [0, 0.05) is 35.7 Å². The van der Waals surface area contributed by atoms with Gasteiger partial charge in [0.1, 0.15) is 5.82 Å². The van der Waals surface area contributed by atoms with Gasteiger partial charge in [-0.1, -0.05) is 48.5 Å². The zero-order chi connectivity index (χ0) is 28.2. The summed E-state index contributed by atoms with van der Waals surface area (Å²) in [5.74, 6) is -0.656. The summed E-state index contributed by atoms with van der Waals surface area (Å²) < 4.78 is 30.9. The fourth-order valence-corrected chi connectivity index (χ4v) is 5.66. The molecule has 2 atom stereocenters. The number of rotatable bonds is 8. The zero-order valence-electron chi connectivity index (χ0n) is 22.8. The largest absolute Gasteiger partial charge is 0.493 e. The molecule has 0 bridgehead atoms. The van der Waals surface area contributed by atoms with Crippen molar-refractivity contribution in [1.82, 2.24) is 5.32 Å². The average molecular weight is 542 g/mol. The van der Waals surface area contributed by atoms with Crippen LogP contribution in [-0.4, -0.2) is 32.6 Å². The first kappa shape index (κ1) is 27.2. The lowest BCUT2D eigenvalue weighted by atomic mass is 9.71. The maximum absolute atomic E-state index is 14.4. The molecular weight excluding hydrogens is 509 g/mol. The first-order valence-electron chi connectivity index (χ1n) is 13.3. The molecular formula is C33H32FNO5. The third-order valence-corrected chi connectivity index (χ3v) is 7.58. The van der Waals surface area contributed by atoms with Crippen molar-refractivity contribution in [3.05, 3.63) is 118 Å². The molecule has 3 aromatic rings. The van der Waals surface area contributed by atoms with Gasteiger partial charge in [-0.2, -0.15) is 0 Å². The Balaban J connectivity index is 1.46. The molecule has 0 saturated heterocycles. The third-order valence-electron chi connectivity index (χ3n) is 7.58. The van der Waals surface area contributed by atoms with Gasteiger partial charge in [0.25, 0.3) is 0 Å². The highest BCUT2D eigenvalue weighted by Crippen LogP contribution is 2.46. The van der Waals surface area contributed by atoms with Gasteiger partial charge in [0.2, 0.25) is 0 Å². The number of nitrogens with one attached hydrogen (secondary N) is 1. The monoisotopic (exact) mass is 541 g/mol. The number of Topliss-reactive ketones (excluding diaryl/α,β-unsaturated/α-hetero) is 1. The Morgan fingerprint density at radius 2 is 1.70 bits per heavy atom. The molecule has 40 heavy (non-hydrogen) atoms. The quantitative estimate of drug-likeness (QED) is 0.353. The summed E-state index contributed by atoms with van der Waals surface area (Å²) in [5, 5.41) is 3.34. The van der Waals surface area contributed by atoms with E-state index in [9.17, 15) is 14.0 Å². The maximum atomic E-state index is 14.4. The number of ether oxygens (including phenoxy) is 3. The lowest BCUT2D eigenvalue weighted by Crippen LogP contribution is -2.36. The third kappa shape index (κ3) is 5.50. The summed E-state index contributed by atoms with van der Waals surface area (Å²) in [6.45, 7) is 1.99. The number of benzene rings is 3. The number of halogens is 1. The Bertz CT molecular complexity index is 1490. The molecule has 1 aliphatic heterocycles. The number of esters is 1. The molecule has 0 saturated carbocycles. The number of allylic oxidation sites excluding steroid dienone is 3. The minimum Gasteiger partial charge on any atom is -0.493 e. The van der Waals surface area contributed by atoms with E-state index in [2.05, 4.69) is 5.32 Å². The number of carbonyl (C=O) groups excluding carboxylic acids is 2. The molecule has 0 amide bonds. The van der Waals surface area contributed by atoms with Crippen molar-refractivity contribution in [3.8, 4) is 11.5 Å². The van der Waals surface area contributed by atoms with Gasteiger partial charge in [-0.05, 0) is 60.2 Å². The minimum absolute atomic E-state index is 0.0927. The number of dihydropyridines is 1. The van der Waals surface area contributed by atoms with Gasteiger partial charge in [-0.25, -0.2) is 9.18 Å². The second kappa shape index (κ2) is 11.8. The predicted molar refractivity (Wildman–Crippen MR) is 150 cm³/mol. The van der Waals surface area contributed by atoms with Crippen LogP contribution in [-0.2, 0) is 20.7 Å². The number of hydrogen-bond acceptors (Lipinski definition) is 6. The highest BCUT2D eigenvalue weighted by molar-refractivity contribution is 6.04. The van der Waals surface area contributed by atoms with Crippen molar-refractivity contribution in [2.75, 3.05) is 20.8 Å². The van der Waals surface area contributed by atoms with Crippen LogP contribution in [0.5, 0.6) is 11.5 Å². The highest BCUT2D eigenvalue weighted by Gasteiger charge is 2.41. The van der Waals surface area contributed by atoms with Crippen LogP contribution in [0, 0.1) is 5.82 Å². The van der Waals surface area contributed by atoms with E-state index < -0.39 is 17.7 Å². The van der Waals surface area contributed by atoms with Crippen molar-refractivity contribution in [2.45, 2.75) is 38.0 Å². The molecule has 1 heterocycles. The van der Waals surface area contributed by atoms with E-state index in [0.717, 1.165) is 16.8 Å². The van der Waals surface area contributed by atoms with E-state index >= 15 is 0 Å². The van der Waals surface area contributed by atoms with E-state index in [0.29, 0.717) is 46.7 Å². The summed E-state index contributed by atoms with van der Waals surface area (Å²) in [6, 6.07) is 21.5. The molecule has 6 nitrogen and oxygen atoms in total. The molecule has 5 rings (SSSR count). The number of carbonyl (C=O) groups is 2. The number of hydrogen-bond donors (Lipinski definition) is 1. The number of methoxy groups -OCH3 is 2. The lowest BCUT2D eigenvalue weighted by Gasteiger charge is -2.36. The van der Waals surface area contributed by atoms with Crippen LogP contribution in [0.1, 0.15) is 48.3 Å². The fraction of sp³-hybridized carbons (Fsp3) is 0.273. The second-order valence-corrected chi connectivity index (χ2v) is 10.1. The van der Waals surface area contributed by atoms with Crippen LogP contribution < -0.4 is 14.8 Å². The van der Waals surface area contributed by atoms with Gasteiger partial charge in [-0.3, -0.25) is 4.79 Å². The summed E-state index contributed by atoms with van der Waals surface area (Å²) in [7, 11) is 3.16. The van der Waals surface area contributed by atoms with E-state index in [1.165, 1.54) is 12.1 Å². The molecule has 2 aliphatic rings. The Morgan fingerprint density at radius 1 is 0.925 bits per heavy atom. The molecule has 0 radical (unpaired) electrons. The van der Waals surface area contributed by atoms with Crippen molar-refractivity contribution >= 4 is 11.8 Å². The van der Waals surface area contributed by atoms with Crippen LogP contribution >= 0.6 is 0 Å². The van der Waals surface area contributed by atoms with Gasteiger partial charge in [-0.15, -0.1) is 0 Å². The summed E-state index contributed by atoms with van der Waals surface area (Å²) >= 11 is 0. The lowest BCUT2D eigenvalue weighted by molar-refractivity contribution is -0.139. The van der Waals surface area contributed by atoms with Crippen molar-refractivity contribution < 1.29 is 28.2 Å². The Morgan fingerprint density at radius 3 is 2.42 bits per heavy atom. The Labute approximate surface area is 233 Å². The van der Waals surface area contributed by atoms with Crippen molar-refractivity contribution in [2.24, 2.45) is 0 Å². The van der Waals surface area contributed by atoms with Gasteiger partial charge in [0.15, 0.2) is 17.3 Å². The molecule has 0 fully saturated rings. The highest BCUT2D eigenvalue weighted by atomic mass is 19.1. The van der Waals surface area contributed by atoms with Crippen LogP contribution in [0.15, 0.2) is 95.3 Å². The van der Waals surface area contributed by atoms with E-state index in [-0.39, 0.29) is 24.7 Å². The van der Waals surface area contributed by atoms with Crippen molar-refractivity contribution in [1.29, 1.82) is 0 Å². The molecule has 0 aromatic heterocycles. The number of ketones is 1. The normalized spacial score (nSPS) is 18.6. The maximum Gasteiger partial charge on any atom is 0.336 e. The molecule has 7 heteroatoms. The first-order valence-corrected chi connectivity index (χ1v) is 13.3. The molecule has 1 aliphatic carbocycles. The van der Waals surface area contributed by atoms with Crippen molar-refractivity contribution in [3.63, 3.8) is 0 Å². The molecule has 0 unspecified atom stereocenters. The van der Waals surface area contributed by atoms with Crippen LogP contribution in [0.2, 0.25) is 0 Å². The molecule has 1 N–H and O–H groups in total. The zero-order valence-corrected chi connectivity index (χ0v) is 22.8. The van der Waals surface area contributed by atoms with Gasteiger partial charge >= 0.3 is 5.97 Å². The minimum atomic E-state index is -0.727. The standard InChI is InChI=1S/C33H32FNO5/c1-20-30(33(37)40-15-14-21-8-5-4-6-9-21)31(23-10-7-11-25(34)16-23)32-26(35-20)17-24(18-27(32)36)22-12-13-28(38-2)29(19-22)39-3/h4-13,16,19,24,31,35H,14-15,17-18H2,1-3H3/t24-,31+/m1/s1. The smallest absolute Gasteiger partial charge is 0.336 e. The fourth-order valence-electron chi connectivity index (χ4n) is 5.66. The van der Waals surface area contributed by atoms with Crippen LogP contribution in [0.4, 0.5) is 4.39 Å². The van der Waals surface area contributed by atoms with Crippen LogP contribution in [0.3, 0.4) is 0 Å². The van der Waals surface area contributed by atoms with Crippen LogP contribution in [0.25, 0.3) is 0 Å². The topological polar surface area (TPSA) is 73.9 Å². The van der Waals surface area contributed by atoms with E-state index in [1.807, 2.05) is 48.5 Å². The summed E-state index contributed by atoms with van der Waals surface area (Å²) in [5.41, 5.74) is 4.70. The van der Waals surface area contributed by atoms with Gasteiger partial charge in [0.05, 0.1) is 26.4 Å². The first-order chi connectivity index (χ1) is 19.4. The summed E-state index contributed by atoms with van der Waals surface area (Å²) in [6.07, 6.45) is 1.37. The van der Waals surface area contributed by atoms with Gasteiger partial charge < -0.3 is 19.5 Å². The van der Waals surface area contributed by atoms with E-state index in [4.69, 9.17) is 14.2 Å². The SMILES string of the molecule is COc1ccc([C@H]2CC(=O)C3=C(C2)NC(C)=C(C(=O)OCCc2ccccc2)[C@@H]3c2cccc(F)c2)cc1OC. The molecule has 3 aromatic carbocycles. The van der Waals surface area contributed by atoms with E-state index in [1.54, 1.807) is 33.3 Å². The average Bonchev–Trinajstić information content (AvgIpc) is 2.96. The Hall–Kier alpha value is -4.39. The molecule has 206 valence electrons. The Kier molecular flexibility index (Phi) is 8.01. The second-order valence-electron chi connectivity index (χ2n) is 10.1. The predicted octanol–water partition coefficient (Wildman–Crippen LogP) is 5.99.